The molecule has 0 saturated carbocycles. The van der Waals surface area contributed by atoms with Gasteiger partial charge in [0.05, 0.1) is 12.2 Å². The molecule has 74 valence electrons. The van der Waals surface area contributed by atoms with E-state index in [0.717, 1.165) is 12.8 Å². The van der Waals surface area contributed by atoms with Crippen molar-refractivity contribution in [1.82, 2.24) is 0 Å². The summed E-state index contributed by atoms with van der Waals surface area (Å²) in [5.41, 5.74) is 0. The highest BCUT2D eigenvalue weighted by atomic mass is 16.3. The fourth-order valence-corrected chi connectivity index (χ4v) is 1.20. The van der Waals surface area contributed by atoms with Gasteiger partial charge in [-0.05, 0) is 13.3 Å². The third-order valence-corrected chi connectivity index (χ3v) is 2.16. The van der Waals surface area contributed by atoms with Gasteiger partial charge in [0.2, 0.25) is 0 Å². The molecule has 2 heteroatoms. The molecule has 0 radical (unpaired) electrons. The quantitative estimate of drug-likeness (QED) is 0.580. The summed E-state index contributed by atoms with van der Waals surface area (Å²) in [7, 11) is 0. The normalized spacial score (nSPS) is 16.0. The first-order chi connectivity index (χ1) is 5.68. The first-order valence-electron chi connectivity index (χ1n) is 5.04. The lowest BCUT2D eigenvalue weighted by molar-refractivity contribution is 0.0247. The van der Waals surface area contributed by atoms with E-state index in [4.69, 9.17) is 5.11 Å². The van der Waals surface area contributed by atoms with Crippen molar-refractivity contribution in [2.24, 2.45) is 0 Å². The Labute approximate surface area is 75.6 Å². The zero-order valence-corrected chi connectivity index (χ0v) is 8.29. The van der Waals surface area contributed by atoms with Crippen molar-refractivity contribution in [1.29, 1.82) is 0 Å². The molecule has 12 heavy (non-hydrogen) atoms. The van der Waals surface area contributed by atoms with E-state index in [1.807, 2.05) is 0 Å². The van der Waals surface area contributed by atoms with E-state index >= 15 is 0 Å². The molecule has 0 heterocycles. The minimum atomic E-state index is -0.573. The number of hydrogen-bond donors (Lipinski definition) is 2. The van der Waals surface area contributed by atoms with Crippen LogP contribution in [0.25, 0.3) is 0 Å². The second kappa shape index (κ2) is 7.56. The topological polar surface area (TPSA) is 40.5 Å². The van der Waals surface area contributed by atoms with Gasteiger partial charge in [0, 0.05) is 0 Å². The minimum absolute atomic E-state index is 0.522. The lowest BCUT2D eigenvalue weighted by Gasteiger charge is -2.12. The predicted molar refractivity (Wildman–Crippen MR) is 51.1 cm³/mol. The van der Waals surface area contributed by atoms with E-state index in [-0.39, 0.29) is 0 Å². The molecular weight excluding hydrogens is 152 g/mol. The van der Waals surface area contributed by atoms with Crippen molar-refractivity contribution in [3.05, 3.63) is 0 Å². The van der Waals surface area contributed by atoms with Gasteiger partial charge in [-0.2, -0.15) is 0 Å². The van der Waals surface area contributed by atoms with Gasteiger partial charge >= 0.3 is 0 Å². The predicted octanol–water partition coefficient (Wildman–Crippen LogP) is 2.09. The molecule has 0 unspecified atom stereocenters. The lowest BCUT2D eigenvalue weighted by Crippen LogP contribution is -2.21. The maximum Gasteiger partial charge on any atom is 0.0796 e. The average molecular weight is 174 g/mol. The van der Waals surface area contributed by atoms with Crippen molar-refractivity contribution in [3.63, 3.8) is 0 Å². The van der Waals surface area contributed by atoms with Crippen LogP contribution in [0, 0.1) is 0 Å². The summed E-state index contributed by atoms with van der Waals surface area (Å²) in [4.78, 5) is 0. The van der Waals surface area contributed by atoms with Gasteiger partial charge < -0.3 is 10.2 Å². The summed E-state index contributed by atoms with van der Waals surface area (Å²) in [5.74, 6) is 0. The number of unbranched alkanes of at least 4 members (excludes halogenated alkanes) is 4. The van der Waals surface area contributed by atoms with Gasteiger partial charge in [-0.15, -0.1) is 0 Å². The van der Waals surface area contributed by atoms with Crippen LogP contribution in [0.3, 0.4) is 0 Å². The van der Waals surface area contributed by atoms with Crippen LogP contribution in [0.1, 0.15) is 52.4 Å². The van der Waals surface area contributed by atoms with Gasteiger partial charge in [0.15, 0.2) is 0 Å². The number of aliphatic hydroxyl groups is 2. The van der Waals surface area contributed by atoms with Crippen LogP contribution in [0.5, 0.6) is 0 Å². The third-order valence-electron chi connectivity index (χ3n) is 2.16. The van der Waals surface area contributed by atoms with Gasteiger partial charge in [-0.1, -0.05) is 39.0 Å². The van der Waals surface area contributed by atoms with E-state index in [0.29, 0.717) is 0 Å². The molecule has 0 rings (SSSR count). The fourth-order valence-electron chi connectivity index (χ4n) is 1.20. The zero-order chi connectivity index (χ0) is 9.40. The standard InChI is InChI=1S/C10H22O2/c1-3-4-5-6-7-8-10(12)9(2)11/h9-12H,3-8H2,1-2H3/t9-,10-/m1/s1. The number of aliphatic hydroxyl groups excluding tert-OH is 2. The third kappa shape index (κ3) is 6.62. The van der Waals surface area contributed by atoms with Gasteiger partial charge in [-0.3, -0.25) is 0 Å². The molecule has 0 aromatic rings. The van der Waals surface area contributed by atoms with Crippen LogP contribution in [-0.4, -0.2) is 22.4 Å². The highest BCUT2D eigenvalue weighted by molar-refractivity contribution is 4.61. The maximum absolute atomic E-state index is 9.23. The second-order valence-electron chi connectivity index (χ2n) is 3.51. The van der Waals surface area contributed by atoms with E-state index in [9.17, 15) is 5.11 Å². The molecule has 0 aliphatic rings. The van der Waals surface area contributed by atoms with E-state index < -0.39 is 12.2 Å². The molecule has 0 saturated heterocycles. The molecule has 0 aromatic carbocycles. The Kier molecular flexibility index (Phi) is 7.51. The van der Waals surface area contributed by atoms with Gasteiger partial charge in [0.1, 0.15) is 0 Å². The molecule has 2 N–H and O–H groups in total. The van der Waals surface area contributed by atoms with Gasteiger partial charge in [-0.25, -0.2) is 0 Å². The number of hydrogen-bond acceptors (Lipinski definition) is 2. The summed E-state index contributed by atoms with van der Waals surface area (Å²) in [6, 6.07) is 0. The minimum Gasteiger partial charge on any atom is -0.391 e. The van der Waals surface area contributed by atoms with Crippen molar-refractivity contribution in [3.8, 4) is 0 Å². The van der Waals surface area contributed by atoms with Crippen molar-refractivity contribution in [2.45, 2.75) is 64.6 Å². The fraction of sp³-hybridized carbons (Fsp3) is 1.00. The summed E-state index contributed by atoms with van der Waals surface area (Å²) >= 11 is 0. The molecule has 2 nitrogen and oxygen atoms in total. The molecule has 0 aliphatic heterocycles. The van der Waals surface area contributed by atoms with Crippen LogP contribution in [0.4, 0.5) is 0 Å². The molecule has 0 spiro atoms. The summed E-state index contributed by atoms with van der Waals surface area (Å²) in [6.07, 6.45) is 5.64. The summed E-state index contributed by atoms with van der Waals surface area (Å²) < 4.78 is 0. The monoisotopic (exact) mass is 174 g/mol. The Bertz CT molecular complexity index is 91.8. The van der Waals surface area contributed by atoms with Crippen LogP contribution in [-0.2, 0) is 0 Å². The Morgan fingerprint density at radius 3 is 2.08 bits per heavy atom. The van der Waals surface area contributed by atoms with Crippen LogP contribution in [0.15, 0.2) is 0 Å². The molecule has 0 fully saturated rings. The van der Waals surface area contributed by atoms with Crippen molar-refractivity contribution >= 4 is 0 Å². The maximum atomic E-state index is 9.23. The van der Waals surface area contributed by atoms with E-state index in [1.165, 1.54) is 25.7 Å². The van der Waals surface area contributed by atoms with Crippen molar-refractivity contribution < 1.29 is 10.2 Å². The van der Waals surface area contributed by atoms with E-state index in [1.54, 1.807) is 6.92 Å². The summed E-state index contributed by atoms with van der Waals surface area (Å²) in [5, 5.41) is 18.2. The SMILES string of the molecule is CCCCCCC[C@@H](O)[C@@H](C)O. The average Bonchev–Trinajstić information content (AvgIpc) is 2.03. The van der Waals surface area contributed by atoms with Crippen molar-refractivity contribution in [2.75, 3.05) is 0 Å². The second-order valence-corrected chi connectivity index (χ2v) is 3.51. The Balaban J connectivity index is 3.08. The molecular formula is C10H22O2. The Morgan fingerprint density at radius 1 is 1.00 bits per heavy atom. The largest absolute Gasteiger partial charge is 0.391 e. The molecule has 0 amide bonds. The highest BCUT2D eigenvalue weighted by Crippen LogP contribution is 2.08. The highest BCUT2D eigenvalue weighted by Gasteiger charge is 2.09. The zero-order valence-electron chi connectivity index (χ0n) is 8.29. The Morgan fingerprint density at radius 2 is 1.58 bits per heavy atom. The first kappa shape index (κ1) is 11.9. The molecule has 0 aromatic heterocycles. The van der Waals surface area contributed by atoms with Crippen LogP contribution < -0.4 is 0 Å². The van der Waals surface area contributed by atoms with Crippen LogP contribution >= 0.6 is 0 Å². The lowest BCUT2D eigenvalue weighted by atomic mass is 10.1. The first-order valence-corrected chi connectivity index (χ1v) is 5.04. The smallest absolute Gasteiger partial charge is 0.0796 e. The molecule has 0 aliphatic carbocycles. The van der Waals surface area contributed by atoms with Gasteiger partial charge in [0.25, 0.3) is 0 Å². The summed E-state index contributed by atoms with van der Waals surface area (Å²) in [6.45, 7) is 3.82. The molecule has 2 atom stereocenters. The molecule has 0 bridgehead atoms. The number of rotatable bonds is 7. The Hall–Kier alpha value is -0.0800. The van der Waals surface area contributed by atoms with E-state index in [2.05, 4.69) is 6.92 Å². The van der Waals surface area contributed by atoms with Crippen LogP contribution in [0.2, 0.25) is 0 Å².